The molecule has 0 bridgehead atoms. The van der Waals surface area contributed by atoms with Gasteiger partial charge in [-0.2, -0.15) is 0 Å². The van der Waals surface area contributed by atoms with Crippen LogP contribution in [0.3, 0.4) is 0 Å². The molecular weight excluding hydrogens is 293 g/mol. The van der Waals surface area contributed by atoms with E-state index in [1.165, 1.54) is 12.7 Å². The predicted octanol–water partition coefficient (Wildman–Crippen LogP) is 2.24. The first-order valence-electron chi connectivity index (χ1n) is 5.27. The fraction of sp³-hybridized carbons (Fsp3) is 0.600. The second-order valence-corrected chi connectivity index (χ2v) is 4.95. The number of nitrogens with zero attached hydrogens (tertiary/aromatic N) is 3. The summed E-state index contributed by atoms with van der Waals surface area (Å²) in [6, 6.07) is 0.467. The van der Waals surface area contributed by atoms with Crippen molar-refractivity contribution in [1.82, 2.24) is 9.97 Å². The van der Waals surface area contributed by atoms with Crippen molar-refractivity contribution in [2.75, 3.05) is 18.1 Å². The fourth-order valence-corrected chi connectivity index (χ4v) is 2.37. The van der Waals surface area contributed by atoms with E-state index in [0.717, 1.165) is 18.7 Å². The fourth-order valence-electron chi connectivity index (χ4n) is 1.81. The van der Waals surface area contributed by atoms with Crippen LogP contribution in [0.25, 0.3) is 0 Å². The Labute approximate surface area is 108 Å². The molecule has 1 N–H and O–H groups in total. The number of hydrogen-bond acceptors (Lipinski definition) is 4. The van der Waals surface area contributed by atoms with E-state index >= 15 is 0 Å². The third kappa shape index (κ3) is 2.31. The van der Waals surface area contributed by atoms with Crippen molar-refractivity contribution in [3.63, 3.8) is 0 Å². The second-order valence-electron chi connectivity index (χ2n) is 3.80. The zero-order valence-electron chi connectivity index (χ0n) is 8.74. The van der Waals surface area contributed by atoms with Crippen LogP contribution in [0.2, 0.25) is 5.15 Å². The highest BCUT2D eigenvalue weighted by atomic mass is 79.9. The highest BCUT2D eigenvalue weighted by Crippen LogP contribution is 2.34. The Morgan fingerprint density at radius 3 is 2.81 bits per heavy atom. The minimum atomic E-state index is 0.116. The van der Waals surface area contributed by atoms with E-state index in [1.807, 2.05) is 0 Å². The molecule has 1 aliphatic carbocycles. The van der Waals surface area contributed by atoms with Crippen LogP contribution in [0, 0.1) is 0 Å². The van der Waals surface area contributed by atoms with E-state index in [4.69, 9.17) is 16.7 Å². The quantitative estimate of drug-likeness (QED) is 0.867. The first kappa shape index (κ1) is 12.1. The number of aliphatic hydroxyl groups is 1. The highest BCUT2D eigenvalue weighted by molar-refractivity contribution is 9.10. The molecule has 1 heterocycles. The summed E-state index contributed by atoms with van der Waals surface area (Å²) in [4.78, 5) is 10.2. The minimum absolute atomic E-state index is 0.116. The summed E-state index contributed by atoms with van der Waals surface area (Å²) in [6.45, 7) is 0.696. The van der Waals surface area contributed by atoms with Crippen LogP contribution in [0.1, 0.15) is 19.3 Å². The molecule has 0 saturated heterocycles. The summed E-state index contributed by atoms with van der Waals surface area (Å²) < 4.78 is 0.706. The van der Waals surface area contributed by atoms with E-state index in [0.29, 0.717) is 22.2 Å². The zero-order chi connectivity index (χ0) is 11.5. The lowest BCUT2D eigenvalue weighted by molar-refractivity contribution is 0.282. The standard InChI is InChI=1S/C10H13BrClN3O/c11-8-9(12)13-6-14-10(8)15(4-5-16)7-2-1-3-7/h6-7,16H,1-5H2. The summed E-state index contributed by atoms with van der Waals surface area (Å²) in [6.07, 6.45) is 4.98. The van der Waals surface area contributed by atoms with Gasteiger partial charge in [0, 0.05) is 12.6 Å². The maximum atomic E-state index is 9.09. The average Bonchev–Trinajstić information content (AvgIpc) is 2.19. The largest absolute Gasteiger partial charge is 0.395 e. The molecule has 0 aliphatic heterocycles. The molecule has 0 atom stereocenters. The summed E-state index contributed by atoms with van der Waals surface area (Å²) >= 11 is 9.33. The van der Waals surface area contributed by atoms with Crippen molar-refractivity contribution >= 4 is 33.3 Å². The number of anilines is 1. The molecule has 0 spiro atoms. The van der Waals surface area contributed by atoms with Crippen molar-refractivity contribution in [3.8, 4) is 0 Å². The van der Waals surface area contributed by atoms with Crippen molar-refractivity contribution in [1.29, 1.82) is 0 Å². The van der Waals surface area contributed by atoms with Gasteiger partial charge in [0.1, 0.15) is 17.3 Å². The van der Waals surface area contributed by atoms with E-state index in [-0.39, 0.29) is 6.61 Å². The lowest BCUT2D eigenvalue weighted by atomic mass is 9.91. The van der Waals surface area contributed by atoms with E-state index in [2.05, 4.69) is 30.8 Å². The Kier molecular flexibility index (Phi) is 4.00. The molecule has 1 aromatic heterocycles. The molecule has 0 unspecified atom stereocenters. The van der Waals surface area contributed by atoms with Crippen LogP contribution in [-0.4, -0.2) is 34.3 Å². The summed E-state index contributed by atoms with van der Waals surface area (Å²) in [5.41, 5.74) is 0. The van der Waals surface area contributed by atoms with Crippen molar-refractivity contribution in [2.45, 2.75) is 25.3 Å². The molecular formula is C10H13BrClN3O. The van der Waals surface area contributed by atoms with Gasteiger partial charge < -0.3 is 10.0 Å². The Balaban J connectivity index is 2.26. The van der Waals surface area contributed by atoms with Crippen molar-refractivity contribution in [2.24, 2.45) is 0 Å². The molecule has 1 aromatic rings. The van der Waals surface area contributed by atoms with Crippen LogP contribution in [0.15, 0.2) is 10.8 Å². The maximum absolute atomic E-state index is 9.09. The van der Waals surface area contributed by atoms with Gasteiger partial charge >= 0.3 is 0 Å². The number of hydrogen-bond donors (Lipinski definition) is 1. The topological polar surface area (TPSA) is 49.2 Å². The van der Waals surface area contributed by atoms with Crippen LogP contribution in [-0.2, 0) is 0 Å². The van der Waals surface area contributed by atoms with Gasteiger partial charge in [-0.3, -0.25) is 0 Å². The monoisotopic (exact) mass is 305 g/mol. The number of halogens is 2. The van der Waals surface area contributed by atoms with Crippen LogP contribution in [0.5, 0.6) is 0 Å². The van der Waals surface area contributed by atoms with Gasteiger partial charge in [-0.25, -0.2) is 9.97 Å². The molecule has 2 rings (SSSR count). The number of rotatable bonds is 4. The Hall–Kier alpha value is -0.390. The van der Waals surface area contributed by atoms with E-state index in [1.54, 1.807) is 0 Å². The molecule has 1 fully saturated rings. The summed E-state index contributed by atoms with van der Waals surface area (Å²) in [5, 5.41) is 9.50. The first-order chi connectivity index (χ1) is 7.74. The number of aliphatic hydroxyl groups excluding tert-OH is 1. The molecule has 88 valence electrons. The maximum Gasteiger partial charge on any atom is 0.148 e. The zero-order valence-corrected chi connectivity index (χ0v) is 11.1. The van der Waals surface area contributed by atoms with Crippen LogP contribution < -0.4 is 4.90 Å². The average molecular weight is 307 g/mol. The van der Waals surface area contributed by atoms with Gasteiger partial charge in [-0.1, -0.05) is 11.6 Å². The van der Waals surface area contributed by atoms with Crippen LogP contribution in [0.4, 0.5) is 5.82 Å². The van der Waals surface area contributed by atoms with Gasteiger partial charge in [-0.15, -0.1) is 0 Å². The molecule has 16 heavy (non-hydrogen) atoms. The summed E-state index contributed by atoms with van der Waals surface area (Å²) in [7, 11) is 0. The SMILES string of the molecule is OCCN(c1ncnc(Cl)c1Br)C1CCC1. The Bertz CT molecular complexity index is 373. The van der Waals surface area contributed by atoms with Crippen molar-refractivity contribution < 1.29 is 5.11 Å². The first-order valence-corrected chi connectivity index (χ1v) is 6.44. The third-order valence-corrected chi connectivity index (χ3v) is 4.10. The summed E-state index contributed by atoms with van der Waals surface area (Å²) in [5.74, 6) is 0.777. The molecule has 1 saturated carbocycles. The molecule has 6 heteroatoms. The molecule has 0 aromatic carbocycles. The van der Waals surface area contributed by atoms with Crippen LogP contribution >= 0.6 is 27.5 Å². The number of aromatic nitrogens is 2. The normalized spacial score (nSPS) is 15.9. The Morgan fingerprint density at radius 1 is 1.50 bits per heavy atom. The molecule has 4 nitrogen and oxygen atoms in total. The minimum Gasteiger partial charge on any atom is -0.395 e. The van der Waals surface area contributed by atoms with Gasteiger partial charge in [0.05, 0.1) is 11.1 Å². The third-order valence-electron chi connectivity index (χ3n) is 2.86. The molecule has 1 aliphatic rings. The van der Waals surface area contributed by atoms with Gasteiger partial charge in [0.2, 0.25) is 0 Å². The second kappa shape index (κ2) is 5.29. The lowest BCUT2D eigenvalue weighted by Crippen LogP contribution is -2.42. The molecule has 0 amide bonds. The smallest absolute Gasteiger partial charge is 0.148 e. The van der Waals surface area contributed by atoms with Crippen molar-refractivity contribution in [3.05, 3.63) is 16.0 Å². The van der Waals surface area contributed by atoms with E-state index < -0.39 is 0 Å². The van der Waals surface area contributed by atoms with Gasteiger partial charge in [0.15, 0.2) is 0 Å². The van der Waals surface area contributed by atoms with E-state index in [9.17, 15) is 0 Å². The van der Waals surface area contributed by atoms with Gasteiger partial charge in [0.25, 0.3) is 0 Å². The highest BCUT2D eigenvalue weighted by Gasteiger charge is 2.27. The van der Waals surface area contributed by atoms with Gasteiger partial charge in [-0.05, 0) is 35.2 Å². The Morgan fingerprint density at radius 2 is 2.25 bits per heavy atom. The predicted molar refractivity (Wildman–Crippen MR) is 66.8 cm³/mol. The molecule has 0 radical (unpaired) electrons. The lowest BCUT2D eigenvalue weighted by Gasteiger charge is -2.38.